The van der Waals surface area contributed by atoms with Crippen molar-refractivity contribution < 1.29 is 24.2 Å². The van der Waals surface area contributed by atoms with E-state index in [1.54, 1.807) is 0 Å². The second-order valence-corrected chi connectivity index (χ2v) is 4.16. The maximum Gasteiger partial charge on any atom is 0.284 e. The van der Waals surface area contributed by atoms with Crippen molar-refractivity contribution in [2.24, 2.45) is 0 Å². The Hall–Kier alpha value is -1.83. The van der Waals surface area contributed by atoms with Crippen LogP contribution in [0.1, 0.15) is 0 Å². The summed E-state index contributed by atoms with van der Waals surface area (Å²) in [7, 11) is -5.32. The van der Waals surface area contributed by atoms with E-state index >= 15 is 0 Å². The van der Waals surface area contributed by atoms with Crippen molar-refractivity contribution in [3.05, 3.63) is 38.4 Å². The highest BCUT2D eigenvalue weighted by atomic mass is 31.2. The maximum atomic E-state index is 10.6. The molecule has 0 atom stereocenters. The van der Waals surface area contributed by atoms with Gasteiger partial charge in [-0.05, 0) is 13.7 Å². The Balaban J connectivity index is 3.49. The Morgan fingerprint density at radius 2 is 1.62 bits per heavy atom. The number of non-ortho nitro benzene ring substituents is 1. The SMILES string of the molecule is O=[N+]([O-])c1ccc(P(=O)([O-])[O-])c([N+](=O)[O-])c1. The number of nitrogens with zero attached hydrogens (tertiary/aromatic N) is 2. The first-order valence-corrected chi connectivity index (χ1v) is 5.23. The monoisotopic (exact) mass is 246 g/mol. The summed E-state index contributed by atoms with van der Waals surface area (Å²) >= 11 is 0. The fourth-order valence-corrected chi connectivity index (χ4v) is 1.69. The predicted octanol–water partition coefficient (Wildman–Crippen LogP) is -0.958. The third kappa shape index (κ3) is 2.40. The molecule has 0 aliphatic rings. The van der Waals surface area contributed by atoms with Gasteiger partial charge < -0.3 is 14.4 Å². The van der Waals surface area contributed by atoms with Gasteiger partial charge in [-0.3, -0.25) is 20.2 Å². The molecule has 0 unspecified atom stereocenters. The second kappa shape index (κ2) is 3.97. The van der Waals surface area contributed by atoms with Gasteiger partial charge >= 0.3 is 0 Å². The molecule has 0 heterocycles. The highest BCUT2D eigenvalue weighted by Crippen LogP contribution is 2.30. The van der Waals surface area contributed by atoms with Crippen LogP contribution < -0.4 is 15.1 Å². The van der Waals surface area contributed by atoms with E-state index in [1.165, 1.54) is 0 Å². The van der Waals surface area contributed by atoms with E-state index in [2.05, 4.69) is 0 Å². The molecular formula is C6H3N2O7P-2. The lowest BCUT2D eigenvalue weighted by Gasteiger charge is -2.28. The molecule has 86 valence electrons. The zero-order valence-electron chi connectivity index (χ0n) is 7.43. The summed E-state index contributed by atoms with van der Waals surface area (Å²) in [4.78, 5) is 39.9. The van der Waals surface area contributed by atoms with Gasteiger partial charge in [-0.25, -0.2) is 0 Å². The van der Waals surface area contributed by atoms with Crippen LogP contribution in [0, 0.1) is 20.2 Å². The first-order valence-electron chi connectivity index (χ1n) is 3.69. The molecule has 0 fully saturated rings. The molecule has 0 aliphatic carbocycles. The quantitative estimate of drug-likeness (QED) is 0.378. The zero-order valence-corrected chi connectivity index (χ0v) is 8.33. The standard InChI is InChI=1S/C6H5N2O7P/c9-7(10)4-1-2-6(16(13,14)15)5(3-4)8(11)12/h1-3H,(H2,13,14,15)/p-2. The Labute approximate surface area is 87.8 Å². The van der Waals surface area contributed by atoms with E-state index in [4.69, 9.17) is 0 Å². The highest BCUT2D eigenvalue weighted by Gasteiger charge is 2.20. The zero-order chi connectivity index (χ0) is 12.5. The molecule has 0 radical (unpaired) electrons. The number of hydrogen-bond acceptors (Lipinski definition) is 7. The molecule has 10 heteroatoms. The molecule has 0 N–H and O–H groups in total. The molecule has 0 spiro atoms. The van der Waals surface area contributed by atoms with Gasteiger partial charge in [-0.2, -0.15) is 0 Å². The van der Waals surface area contributed by atoms with E-state index in [1.807, 2.05) is 0 Å². The minimum absolute atomic E-state index is 0.428. The van der Waals surface area contributed by atoms with E-state index in [0.717, 1.165) is 0 Å². The fraction of sp³-hybridized carbons (Fsp3) is 0. The molecule has 0 saturated heterocycles. The summed E-state index contributed by atoms with van der Waals surface area (Å²) in [6.45, 7) is 0. The Morgan fingerprint density at radius 1 is 1.06 bits per heavy atom. The first kappa shape index (κ1) is 12.2. The normalized spacial score (nSPS) is 11.1. The lowest BCUT2D eigenvalue weighted by molar-refractivity contribution is -0.393. The van der Waals surface area contributed by atoms with Crippen LogP contribution in [0.4, 0.5) is 11.4 Å². The summed E-state index contributed by atoms with van der Waals surface area (Å²) < 4.78 is 10.6. The van der Waals surface area contributed by atoms with Crippen molar-refractivity contribution in [3.8, 4) is 0 Å². The van der Waals surface area contributed by atoms with Crippen LogP contribution >= 0.6 is 7.60 Å². The lowest BCUT2D eigenvalue weighted by Crippen LogP contribution is -2.26. The van der Waals surface area contributed by atoms with Gasteiger partial charge in [0.2, 0.25) is 0 Å². The molecule has 9 nitrogen and oxygen atoms in total. The van der Waals surface area contributed by atoms with E-state index in [9.17, 15) is 34.6 Å². The Morgan fingerprint density at radius 3 is 2.00 bits per heavy atom. The minimum Gasteiger partial charge on any atom is -0.807 e. The number of hydrogen-bond donors (Lipinski definition) is 0. The average molecular weight is 246 g/mol. The van der Waals surface area contributed by atoms with Crippen LogP contribution in [0.2, 0.25) is 0 Å². The fourth-order valence-electron chi connectivity index (χ4n) is 1.00. The van der Waals surface area contributed by atoms with Gasteiger partial charge in [0.25, 0.3) is 11.4 Å². The Kier molecular flexibility index (Phi) is 3.04. The topological polar surface area (TPSA) is 149 Å². The summed E-state index contributed by atoms with van der Waals surface area (Å²) in [5.41, 5.74) is -1.76. The van der Waals surface area contributed by atoms with Crippen molar-refractivity contribution in [2.45, 2.75) is 0 Å². The van der Waals surface area contributed by atoms with Crippen molar-refractivity contribution >= 4 is 24.3 Å². The van der Waals surface area contributed by atoms with E-state index in [0.29, 0.717) is 18.2 Å². The second-order valence-electron chi connectivity index (χ2n) is 2.68. The number of rotatable bonds is 3. The third-order valence-electron chi connectivity index (χ3n) is 1.66. The van der Waals surface area contributed by atoms with E-state index in [-0.39, 0.29) is 0 Å². The van der Waals surface area contributed by atoms with Crippen LogP contribution in [0.5, 0.6) is 0 Å². The molecule has 0 saturated carbocycles. The van der Waals surface area contributed by atoms with Gasteiger partial charge in [0.05, 0.1) is 21.2 Å². The first-order chi connectivity index (χ1) is 7.23. The van der Waals surface area contributed by atoms with Crippen LogP contribution in [0.3, 0.4) is 0 Å². The molecule has 1 aromatic carbocycles. The van der Waals surface area contributed by atoms with Crippen LogP contribution in [-0.4, -0.2) is 9.85 Å². The highest BCUT2D eigenvalue weighted by molar-refractivity contribution is 7.57. The van der Waals surface area contributed by atoms with Gasteiger partial charge in [0.15, 0.2) is 0 Å². The third-order valence-corrected chi connectivity index (χ3v) is 2.63. The molecule has 0 aromatic heterocycles. The smallest absolute Gasteiger partial charge is 0.284 e. The molecule has 16 heavy (non-hydrogen) atoms. The minimum atomic E-state index is -5.32. The molecular weight excluding hydrogens is 243 g/mol. The molecule has 1 aromatic rings. The Bertz CT molecular complexity index is 508. The van der Waals surface area contributed by atoms with Gasteiger partial charge in [0, 0.05) is 6.07 Å². The van der Waals surface area contributed by atoms with Crippen LogP contribution in [-0.2, 0) is 4.57 Å². The van der Waals surface area contributed by atoms with Crippen molar-refractivity contribution in [1.82, 2.24) is 0 Å². The number of nitro benzene ring substituents is 2. The molecule has 0 aliphatic heterocycles. The number of benzene rings is 1. The van der Waals surface area contributed by atoms with Crippen LogP contribution in [0.25, 0.3) is 0 Å². The summed E-state index contributed by atoms with van der Waals surface area (Å²) in [5.74, 6) is 0. The molecule has 0 amide bonds. The predicted molar refractivity (Wildman–Crippen MR) is 47.0 cm³/mol. The van der Waals surface area contributed by atoms with Crippen molar-refractivity contribution in [1.29, 1.82) is 0 Å². The summed E-state index contributed by atoms with van der Waals surface area (Å²) in [6, 6.07) is 1.69. The molecule has 0 bridgehead atoms. The van der Waals surface area contributed by atoms with E-state index < -0.39 is 34.1 Å². The maximum absolute atomic E-state index is 10.6. The largest absolute Gasteiger partial charge is 0.807 e. The van der Waals surface area contributed by atoms with Crippen molar-refractivity contribution in [3.63, 3.8) is 0 Å². The lowest BCUT2D eigenvalue weighted by atomic mass is 10.3. The average Bonchev–Trinajstić information content (AvgIpc) is 2.15. The van der Waals surface area contributed by atoms with Crippen molar-refractivity contribution in [2.75, 3.05) is 0 Å². The summed E-state index contributed by atoms with van der Waals surface area (Å²) in [5, 5.41) is 19.7. The van der Waals surface area contributed by atoms with Gasteiger partial charge in [-0.1, -0.05) is 0 Å². The van der Waals surface area contributed by atoms with Gasteiger partial charge in [-0.15, -0.1) is 0 Å². The number of nitro groups is 2. The molecule has 1 rings (SSSR count). The summed E-state index contributed by atoms with van der Waals surface area (Å²) in [6.07, 6.45) is 0. The van der Waals surface area contributed by atoms with Gasteiger partial charge in [0.1, 0.15) is 0 Å². The van der Waals surface area contributed by atoms with Crippen LogP contribution in [0.15, 0.2) is 18.2 Å².